The first kappa shape index (κ1) is 39.3. The number of phenols is 12. The van der Waals surface area contributed by atoms with E-state index < -0.39 is 140 Å². The molecule has 0 saturated carbocycles. The van der Waals surface area contributed by atoms with Crippen LogP contribution in [0.3, 0.4) is 0 Å². The van der Waals surface area contributed by atoms with Gasteiger partial charge in [0.25, 0.3) is 0 Å². The summed E-state index contributed by atoms with van der Waals surface area (Å²) in [7, 11) is 0. The Morgan fingerprint density at radius 1 is 0.413 bits per heavy atom. The van der Waals surface area contributed by atoms with Crippen molar-refractivity contribution in [3.05, 3.63) is 123 Å². The molecule has 0 unspecified atom stereocenters. The second-order valence-electron chi connectivity index (χ2n) is 15.5. The number of aromatic hydroxyl groups is 12. The van der Waals surface area contributed by atoms with Crippen LogP contribution in [-0.4, -0.2) is 94.9 Å². The van der Waals surface area contributed by atoms with Crippen LogP contribution >= 0.6 is 0 Å². The van der Waals surface area contributed by atoms with E-state index in [4.69, 9.17) is 14.2 Å². The minimum Gasteiger partial charge on any atom is -0.508 e. The molecule has 0 radical (unpaired) electrons. The number of phenolic OH excluding ortho intramolecular Hbond substituents is 12. The highest BCUT2D eigenvalue weighted by Crippen LogP contribution is 2.62. The second kappa shape index (κ2) is 14.7. The molecule has 0 bridgehead atoms. The largest absolute Gasteiger partial charge is 0.508 e. The van der Waals surface area contributed by atoms with Crippen molar-refractivity contribution in [3.8, 4) is 86.2 Å². The molecular formula is C45H38O18. The van der Waals surface area contributed by atoms with Crippen LogP contribution in [0.1, 0.15) is 76.0 Å². The second-order valence-corrected chi connectivity index (χ2v) is 15.5. The molecule has 0 aliphatic carbocycles. The first-order valence-electron chi connectivity index (χ1n) is 19.6. The van der Waals surface area contributed by atoms with Crippen LogP contribution in [0.5, 0.6) is 86.2 Å². The van der Waals surface area contributed by atoms with Crippen LogP contribution in [0, 0.1) is 0 Å². The Bertz CT molecular complexity index is 2900. The summed E-state index contributed by atoms with van der Waals surface area (Å²) < 4.78 is 28.3. The van der Waals surface area contributed by atoms with Gasteiger partial charge in [0.05, 0.1) is 19.3 Å². The van der Waals surface area contributed by atoms with E-state index in [1.54, 1.807) is 0 Å². The van der Waals surface area contributed by atoms with E-state index in [0.29, 0.717) is 0 Å². The van der Waals surface area contributed by atoms with Gasteiger partial charge in [0.1, 0.15) is 70.0 Å². The molecule has 0 spiro atoms. The maximum Gasteiger partial charge on any atom is 0.157 e. The van der Waals surface area contributed by atoms with E-state index in [-0.39, 0.29) is 45.7 Å². The zero-order chi connectivity index (χ0) is 45.8. The molecule has 326 valence electrons. The normalized spacial score (nSPS) is 25.0. The van der Waals surface area contributed by atoms with E-state index in [0.717, 1.165) is 60.7 Å². The van der Waals surface area contributed by atoms with Gasteiger partial charge in [0.2, 0.25) is 0 Å². The molecule has 63 heavy (non-hydrogen) atoms. The Labute approximate surface area is 356 Å². The summed E-state index contributed by atoms with van der Waals surface area (Å²) in [5.41, 5.74) is -1.94. The van der Waals surface area contributed by atoms with Crippen LogP contribution in [0.4, 0.5) is 0 Å². The number of aliphatic hydroxyl groups is 3. The van der Waals surface area contributed by atoms with Crippen LogP contribution in [-0.2, 0) is 6.42 Å². The molecule has 0 aromatic heterocycles. The quantitative estimate of drug-likeness (QED) is 0.106. The Morgan fingerprint density at radius 2 is 0.873 bits per heavy atom. The van der Waals surface area contributed by atoms with Crippen molar-refractivity contribution in [2.75, 3.05) is 0 Å². The fraction of sp³-hybridized carbons (Fsp3) is 0.200. The number of benzene rings is 6. The molecular weight excluding hydrogens is 828 g/mol. The van der Waals surface area contributed by atoms with Gasteiger partial charge >= 0.3 is 0 Å². The predicted molar refractivity (Wildman–Crippen MR) is 214 cm³/mol. The van der Waals surface area contributed by atoms with E-state index in [1.165, 1.54) is 18.2 Å². The number of ether oxygens (including phenoxy) is 3. The average molecular weight is 868 g/mol. The Balaban J connectivity index is 1.33. The van der Waals surface area contributed by atoms with E-state index in [9.17, 15) is 78.0 Å². The highest BCUT2D eigenvalue weighted by atomic mass is 16.5. The summed E-state index contributed by atoms with van der Waals surface area (Å²) in [5, 5.41) is 167. The molecule has 6 aromatic carbocycles. The first-order chi connectivity index (χ1) is 30.3. The number of hydrogen-bond acceptors (Lipinski definition) is 18. The third-order valence-corrected chi connectivity index (χ3v) is 11.7. The fourth-order valence-electron chi connectivity index (χ4n) is 8.77. The maximum absolute atomic E-state index is 12.5. The number of rotatable bonds is 5. The van der Waals surface area contributed by atoms with Gasteiger partial charge in [0, 0.05) is 58.5 Å². The molecule has 8 atom stereocenters. The van der Waals surface area contributed by atoms with Gasteiger partial charge in [-0.2, -0.15) is 0 Å². The van der Waals surface area contributed by atoms with Gasteiger partial charge in [-0.3, -0.25) is 0 Å². The standard InChI is InChI=1S/C45H38O18/c46-18-10-27(54)33-32(11-18)61-42(16-2-5-21(48)25(52)8-16)39(59)37(33)35-29(56)14-30(57)36-38(40(60)43(63-45(35)36)17-3-6-22(49)26(53)9-17)34-28(55)13-23(50)19-12-31(58)41(62-44(19)34)15-1-4-20(47)24(51)7-15/h1-11,13-14,31,37-43,46-60H,12H2/t31-,37-,38+,39-,40-,41-,42-,43-/m1/s1/i39D. The number of fused-ring (bicyclic) bond motifs is 3. The van der Waals surface area contributed by atoms with Gasteiger partial charge < -0.3 is 90.8 Å². The summed E-state index contributed by atoms with van der Waals surface area (Å²) in [6.45, 7) is 0. The first-order valence-corrected chi connectivity index (χ1v) is 19.1. The summed E-state index contributed by atoms with van der Waals surface area (Å²) in [4.78, 5) is 0. The molecule has 3 heterocycles. The lowest BCUT2D eigenvalue weighted by Gasteiger charge is -2.43. The molecule has 3 aliphatic heterocycles. The predicted octanol–water partition coefficient (Wildman–Crippen LogP) is 4.44. The van der Waals surface area contributed by atoms with Crippen molar-refractivity contribution in [1.29, 1.82) is 0 Å². The summed E-state index contributed by atoms with van der Waals surface area (Å²) in [5.74, 6) is -13.0. The summed E-state index contributed by atoms with van der Waals surface area (Å²) in [6, 6.07) is 13.7. The Morgan fingerprint density at radius 3 is 1.43 bits per heavy atom. The minimum absolute atomic E-state index is 0.0631. The van der Waals surface area contributed by atoms with Gasteiger partial charge in [-0.1, -0.05) is 18.2 Å². The van der Waals surface area contributed by atoms with Crippen molar-refractivity contribution < 1.29 is 92.2 Å². The number of aliphatic hydroxyl groups excluding tert-OH is 2. The van der Waals surface area contributed by atoms with Crippen molar-refractivity contribution in [2.24, 2.45) is 0 Å². The fourth-order valence-corrected chi connectivity index (χ4v) is 8.77. The van der Waals surface area contributed by atoms with Crippen LogP contribution < -0.4 is 14.2 Å². The zero-order valence-electron chi connectivity index (χ0n) is 33.2. The van der Waals surface area contributed by atoms with Crippen molar-refractivity contribution in [2.45, 2.75) is 54.9 Å². The molecule has 9 rings (SSSR count). The van der Waals surface area contributed by atoms with Crippen molar-refractivity contribution in [1.82, 2.24) is 0 Å². The molecule has 6 aromatic rings. The topological polar surface area (TPSA) is 331 Å². The molecule has 3 aliphatic rings. The number of hydrogen-bond donors (Lipinski definition) is 15. The van der Waals surface area contributed by atoms with Crippen LogP contribution in [0.25, 0.3) is 0 Å². The molecule has 18 heteroatoms. The monoisotopic (exact) mass is 867 g/mol. The lowest BCUT2D eigenvalue weighted by Crippen LogP contribution is -2.39. The van der Waals surface area contributed by atoms with Crippen molar-refractivity contribution >= 4 is 0 Å². The lowest BCUT2D eigenvalue weighted by atomic mass is 9.73. The zero-order valence-corrected chi connectivity index (χ0v) is 32.2. The third kappa shape index (κ3) is 6.46. The van der Waals surface area contributed by atoms with Gasteiger partial charge in [-0.15, -0.1) is 0 Å². The summed E-state index contributed by atoms with van der Waals surface area (Å²) >= 11 is 0. The van der Waals surface area contributed by atoms with E-state index in [1.807, 2.05) is 0 Å². The minimum atomic E-state index is -3.07. The van der Waals surface area contributed by atoms with Gasteiger partial charge in [0.15, 0.2) is 46.7 Å². The molecule has 18 nitrogen and oxygen atoms in total. The molecule has 0 saturated heterocycles. The highest BCUT2D eigenvalue weighted by molar-refractivity contribution is 5.70. The highest BCUT2D eigenvalue weighted by Gasteiger charge is 2.51. The summed E-state index contributed by atoms with van der Waals surface area (Å²) in [6.07, 6.45) is -11.8. The smallest absolute Gasteiger partial charge is 0.157 e. The van der Waals surface area contributed by atoms with Crippen LogP contribution in [0.2, 0.25) is 0 Å². The third-order valence-electron chi connectivity index (χ3n) is 11.7. The van der Waals surface area contributed by atoms with E-state index in [2.05, 4.69) is 0 Å². The molecule has 15 N–H and O–H groups in total. The molecule has 0 amide bonds. The maximum atomic E-state index is 12.5. The Hall–Kier alpha value is -7.80. The lowest BCUT2D eigenvalue weighted by molar-refractivity contribution is -0.00562. The average Bonchev–Trinajstić information content (AvgIpc) is 3.22. The van der Waals surface area contributed by atoms with Crippen molar-refractivity contribution in [3.63, 3.8) is 0 Å². The molecule has 0 fully saturated rings. The van der Waals surface area contributed by atoms with Gasteiger partial charge in [-0.25, -0.2) is 0 Å². The van der Waals surface area contributed by atoms with E-state index >= 15 is 0 Å². The SMILES string of the molecule is [2H][C@@]1(O)[C@@H](c2c(O)cc(O)c3c2O[C@H](c2ccc(O)c(O)c2)[C@H](O)[C@H]3c2c(O)cc(O)c3c2O[C@H](c2ccc(O)c(O)c2)[C@H](O)C3)c2c(O)cc(O)cc2O[C@@H]1c1ccc(O)c(O)c1. The Kier molecular flexibility index (Phi) is 9.17. The van der Waals surface area contributed by atoms with Gasteiger partial charge in [-0.05, 0) is 53.1 Å². The van der Waals surface area contributed by atoms with Crippen LogP contribution in [0.15, 0.2) is 78.9 Å².